The van der Waals surface area contributed by atoms with Crippen LogP contribution in [0.3, 0.4) is 0 Å². The molecule has 0 spiro atoms. The molecule has 6 nitrogen and oxygen atoms in total. The second-order valence-electron chi connectivity index (χ2n) is 5.95. The van der Waals surface area contributed by atoms with Crippen LogP contribution in [0.5, 0.6) is 0 Å². The van der Waals surface area contributed by atoms with Crippen LogP contribution in [0.2, 0.25) is 0 Å². The summed E-state index contributed by atoms with van der Waals surface area (Å²) in [7, 11) is 0. The molecule has 0 aliphatic carbocycles. The van der Waals surface area contributed by atoms with Gasteiger partial charge in [0.05, 0.1) is 5.71 Å². The van der Waals surface area contributed by atoms with Gasteiger partial charge < -0.3 is 9.74 Å². The molecule has 1 unspecified atom stereocenters. The van der Waals surface area contributed by atoms with E-state index in [0.717, 1.165) is 63.5 Å². The van der Waals surface area contributed by atoms with Crippen LogP contribution in [0.1, 0.15) is 32.4 Å². The van der Waals surface area contributed by atoms with Crippen molar-refractivity contribution in [1.29, 1.82) is 0 Å². The van der Waals surface area contributed by atoms with E-state index in [0.29, 0.717) is 0 Å². The molecule has 2 aliphatic rings. The Balaban J connectivity index is 1.48. The van der Waals surface area contributed by atoms with Gasteiger partial charge in [-0.3, -0.25) is 4.90 Å². The summed E-state index contributed by atoms with van der Waals surface area (Å²) in [4.78, 5) is 19.0. The van der Waals surface area contributed by atoms with Crippen LogP contribution < -0.4 is 4.90 Å². The lowest BCUT2D eigenvalue weighted by atomic mass is 10.1. The zero-order valence-corrected chi connectivity index (χ0v) is 13.5. The summed E-state index contributed by atoms with van der Waals surface area (Å²) < 4.78 is 0. The molecule has 0 N–H and O–H groups in total. The van der Waals surface area contributed by atoms with E-state index in [1.54, 1.807) is 6.33 Å². The molecule has 3 heterocycles. The maximum Gasteiger partial charge on any atom is 0.145 e. The van der Waals surface area contributed by atoms with E-state index < -0.39 is 0 Å². The van der Waals surface area contributed by atoms with Gasteiger partial charge in [0.2, 0.25) is 0 Å². The molecule has 0 aromatic carbocycles. The summed E-state index contributed by atoms with van der Waals surface area (Å²) in [5.41, 5.74) is 2.30. The Morgan fingerprint density at radius 3 is 2.64 bits per heavy atom. The molecule has 1 fully saturated rings. The largest absolute Gasteiger partial charge is 0.391 e. The highest BCUT2D eigenvalue weighted by molar-refractivity contribution is 5.85. The molecule has 0 amide bonds. The van der Waals surface area contributed by atoms with Gasteiger partial charge in [0, 0.05) is 50.9 Å². The van der Waals surface area contributed by atoms with Gasteiger partial charge in [0.1, 0.15) is 18.2 Å². The predicted octanol–water partition coefficient (Wildman–Crippen LogP) is 1.72. The van der Waals surface area contributed by atoms with E-state index in [1.807, 2.05) is 0 Å². The monoisotopic (exact) mass is 303 g/mol. The van der Waals surface area contributed by atoms with Crippen LogP contribution in [0.25, 0.3) is 0 Å². The first-order valence-corrected chi connectivity index (χ1v) is 8.28. The number of rotatable bonds is 5. The first-order valence-electron chi connectivity index (χ1n) is 8.28. The van der Waals surface area contributed by atoms with Crippen molar-refractivity contribution >= 4 is 11.5 Å². The van der Waals surface area contributed by atoms with Crippen molar-refractivity contribution in [1.82, 2.24) is 14.9 Å². The van der Waals surface area contributed by atoms with Crippen LogP contribution in [-0.4, -0.2) is 59.4 Å². The summed E-state index contributed by atoms with van der Waals surface area (Å²) in [6.07, 6.45) is 4.86. The Hall–Kier alpha value is -1.69. The molecule has 1 aromatic heterocycles. The van der Waals surface area contributed by atoms with Gasteiger partial charge in [-0.05, 0) is 12.8 Å². The summed E-state index contributed by atoms with van der Waals surface area (Å²) in [5, 5.41) is 4.15. The fourth-order valence-corrected chi connectivity index (χ4v) is 2.99. The zero-order chi connectivity index (χ0) is 15.4. The van der Waals surface area contributed by atoms with Crippen molar-refractivity contribution in [3.8, 4) is 0 Å². The van der Waals surface area contributed by atoms with Gasteiger partial charge in [0.25, 0.3) is 0 Å². The van der Waals surface area contributed by atoms with Crippen LogP contribution in [0.15, 0.2) is 17.5 Å². The molecule has 0 bridgehead atoms. The molecule has 2 aliphatic heterocycles. The Morgan fingerprint density at radius 2 is 1.95 bits per heavy atom. The predicted molar refractivity (Wildman–Crippen MR) is 87.3 cm³/mol. The Kier molecular flexibility index (Phi) is 4.87. The van der Waals surface area contributed by atoms with Crippen molar-refractivity contribution in [2.75, 3.05) is 37.6 Å². The van der Waals surface area contributed by atoms with Gasteiger partial charge in [-0.1, -0.05) is 19.0 Å². The van der Waals surface area contributed by atoms with Crippen LogP contribution >= 0.6 is 0 Å². The highest BCUT2D eigenvalue weighted by atomic mass is 16.6. The van der Waals surface area contributed by atoms with Gasteiger partial charge in [-0.2, -0.15) is 0 Å². The van der Waals surface area contributed by atoms with Crippen LogP contribution in [0.4, 0.5) is 5.82 Å². The Bertz CT molecular complexity index is 525. The summed E-state index contributed by atoms with van der Waals surface area (Å²) in [5.74, 6) is 1.06. The van der Waals surface area contributed by atoms with Crippen LogP contribution in [0, 0.1) is 0 Å². The van der Waals surface area contributed by atoms with Crippen molar-refractivity contribution < 1.29 is 4.84 Å². The second kappa shape index (κ2) is 7.05. The standard InChI is InChI=1S/C16H25N5O/c1-3-13-10-16(18-12-17-13)21-7-5-20(6-8-21)11-15-9-14(4-2)19-22-15/h10,12,15H,3-9,11H2,1-2H3. The molecule has 6 heteroatoms. The fraction of sp³-hybridized carbons (Fsp3) is 0.688. The third-order valence-electron chi connectivity index (χ3n) is 4.43. The number of hydrogen-bond acceptors (Lipinski definition) is 6. The normalized spacial score (nSPS) is 22.5. The Labute approximate surface area is 132 Å². The number of oxime groups is 1. The van der Waals surface area contributed by atoms with Gasteiger partial charge in [-0.25, -0.2) is 9.97 Å². The third kappa shape index (κ3) is 3.55. The van der Waals surface area contributed by atoms with Gasteiger partial charge in [-0.15, -0.1) is 0 Å². The highest BCUT2D eigenvalue weighted by Crippen LogP contribution is 2.17. The topological polar surface area (TPSA) is 53.9 Å². The Morgan fingerprint density at radius 1 is 1.14 bits per heavy atom. The van der Waals surface area contributed by atoms with Crippen molar-refractivity contribution in [2.45, 2.75) is 39.2 Å². The molecular weight excluding hydrogens is 278 g/mol. The average molecular weight is 303 g/mol. The van der Waals surface area contributed by atoms with Crippen molar-refractivity contribution in [2.24, 2.45) is 5.16 Å². The smallest absolute Gasteiger partial charge is 0.145 e. The maximum absolute atomic E-state index is 5.51. The van der Waals surface area contributed by atoms with Crippen molar-refractivity contribution in [3.05, 3.63) is 18.1 Å². The SMILES string of the molecule is CCC1=NOC(CN2CCN(c3cc(CC)ncn3)CC2)C1. The molecule has 22 heavy (non-hydrogen) atoms. The number of aryl methyl sites for hydroxylation is 1. The lowest BCUT2D eigenvalue weighted by molar-refractivity contribution is 0.0510. The van der Waals surface area contributed by atoms with E-state index in [1.165, 1.54) is 5.71 Å². The van der Waals surface area contributed by atoms with E-state index in [-0.39, 0.29) is 6.10 Å². The minimum Gasteiger partial charge on any atom is -0.391 e. The summed E-state index contributed by atoms with van der Waals surface area (Å²) in [6.45, 7) is 9.35. The minimum absolute atomic E-state index is 0.243. The molecule has 0 radical (unpaired) electrons. The number of piperazine rings is 1. The lowest BCUT2D eigenvalue weighted by Gasteiger charge is -2.36. The molecule has 120 valence electrons. The average Bonchev–Trinajstić information content (AvgIpc) is 3.03. The number of anilines is 1. The van der Waals surface area contributed by atoms with Gasteiger partial charge in [0.15, 0.2) is 0 Å². The minimum atomic E-state index is 0.243. The quantitative estimate of drug-likeness (QED) is 0.829. The molecule has 3 rings (SSSR count). The van der Waals surface area contributed by atoms with E-state index >= 15 is 0 Å². The maximum atomic E-state index is 5.51. The number of aromatic nitrogens is 2. The third-order valence-corrected chi connectivity index (χ3v) is 4.43. The molecular formula is C16H25N5O. The summed E-state index contributed by atoms with van der Waals surface area (Å²) in [6, 6.07) is 2.11. The lowest BCUT2D eigenvalue weighted by Crippen LogP contribution is -2.48. The van der Waals surface area contributed by atoms with Crippen molar-refractivity contribution in [3.63, 3.8) is 0 Å². The first-order chi connectivity index (χ1) is 10.8. The van der Waals surface area contributed by atoms with E-state index in [9.17, 15) is 0 Å². The van der Waals surface area contributed by atoms with E-state index in [2.05, 4.69) is 44.8 Å². The number of hydrogen-bond donors (Lipinski definition) is 0. The number of nitrogens with zero attached hydrogens (tertiary/aromatic N) is 5. The molecule has 0 saturated carbocycles. The zero-order valence-electron chi connectivity index (χ0n) is 13.5. The summed E-state index contributed by atoms with van der Waals surface area (Å²) >= 11 is 0. The van der Waals surface area contributed by atoms with E-state index in [4.69, 9.17) is 4.84 Å². The molecule has 1 saturated heterocycles. The molecule has 1 atom stereocenters. The van der Waals surface area contributed by atoms with Crippen LogP contribution in [-0.2, 0) is 11.3 Å². The second-order valence-corrected chi connectivity index (χ2v) is 5.95. The first kappa shape index (κ1) is 15.2. The fourth-order valence-electron chi connectivity index (χ4n) is 2.99. The molecule has 1 aromatic rings. The highest BCUT2D eigenvalue weighted by Gasteiger charge is 2.25. The van der Waals surface area contributed by atoms with Gasteiger partial charge >= 0.3 is 0 Å².